The van der Waals surface area contributed by atoms with Crippen LogP contribution in [0.2, 0.25) is 0 Å². The highest BCUT2D eigenvalue weighted by Crippen LogP contribution is 2.02. The predicted molar refractivity (Wildman–Crippen MR) is 53.0 cm³/mol. The zero-order valence-electron chi connectivity index (χ0n) is 8.49. The number of esters is 1. The molecule has 0 aliphatic carbocycles. The van der Waals surface area contributed by atoms with E-state index in [0.717, 1.165) is 19.6 Å². The highest BCUT2D eigenvalue weighted by atomic mass is 16.5. The van der Waals surface area contributed by atoms with Crippen molar-refractivity contribution in [3.05, 3.63) is 12.2 Å². The van der Waals surface area contributed by atoms with Crippen molar-refractivity contribution in [1.29, 1.82) is 0 Å². The molecule has 1 atom stereocenters. The van der Waals surface area contributed by atoms with Crippen molar-refractivity contribution >= 4 is 5.97 Å². The van der Waals surface area contributed by atoms with E-state index in [9.17, 15) is 4.79 Å². The minimum atomic E-state index is -0.281. The second-order valence-electron chi connectivity index (χ2n) is 3.12. The number of carbonyl (C=O) groups is 1. The first-order chi connectivity index (χ1) is 6.83. The van der Waals surface area contributed by atoms with E-state index in [1.165, 1.54) is 6.08 Å². The largest absolute Gasteiger partial charge is 0.463 e. The lowest BCUT2D eigenvalue weighted by atomic mass is 10.2. The Morgan fingerprint density at radius 2 is 2.57 bits per heavy atom. The van der Waals surface area contributed by atoms with Crippen molar-refractivity contribution in [1.82, 2.24) is 5.32 Å². The molecule has 0 aromatic heterocycles. The summed E-state index contributed by atoms with van der Waals surface area (Å²) in [4.78, 5) is 10.9. The average molecular weight is 199 g/mol. The quantitative estimate of drug-likeness (QED) is 0.517. The van der Waals surface area contributed by atoms with Gasteiger partial charge in [-0.2, -0.15) is 0 Å². The molecule has 0 amide bonds. The average Bonchev–Trinajstić information content (AvgIpc) is 2.65. The van der Waals surface area contributed by atoms with Crippen LogP contribution in [0.1, 0.15) is 13.3 Å². The van der Waals surface area contributed by atoms with Crippen LogP contribution < -0.4 is 5.32 Å². The van der Waals surface area contributed by atoms with Crippen molar-refractivity contribution < 1.29 is 14.3 Å². The molecule has 1 aliphatic heterocycles. The molecule has 1 heterocycles. The first kappa shape index (κ1) is 11.2. The van der Waals surface area contributed by atoms with Crippen molar-refractivity contribution in [2.24, 2.45) is 0 Å². The van der Waals surface area contributed by atoms with Gasteiger partial charge in [0.1, 0.15) is 0 Å². The van der Waals surface area contributed by atoms with E-state index >= 15 is 0 Å². The third-order valence-corrected chi connectivity index (χ3v) is 1.99. The molecule has 0 radical (unpaired) electrons. The fraction of sp³-hybridized carbons (Fsp3) is 0.700. The molecule has 0 spiro atoms. The molecule has 1 saturated heterocycles. The normalized spacial score (nSPS) is 21.6. The van der Waals surface area contributed by atoms with Gasteiger partial charge in [-0.1, -0.05) is 6.08 Å². The predicted octanol–water partition coefficient (Wildman–Crippen LogP) is 0.484. The summed E-state index contributed by atoms with van der Waals surface area (Å²) < 4.78 is 9.93. The second-order valence-corrected chi connectivity index (χ2v) is 3.12. The molecule has 0 aromatic carbocycles. The van der Waals surface area contributed by atoms with Gasteiger partial charge in [0.15, 0.2) is 0 Å². The Labute approximate surface area is 84.3 Å². The summed E-state index contributed by atoms with van der Waals surface area (Å²) in [5.74, 6) is -0.281. The first-order valence-electron chi connectivity index (χ1n) is 4.97. The Hall–Kier alpha value is -0.870. The monoisotopic (exact) mass is 199 g/mol. The first-order valence-corrected chi connectivity index (χ1v) is 4.97. The molecule has 1 unspecified atom stereocenters. The zero-order valence-corrected chi connectivity index (χ0v) is 8.49. The highest BCUT2D eigenvalue weighted by molar-refractivity contribution is 5.81. The van der Waals surface area contributed by atoms with Crippen molar-refractivity contribution in [3.8, 4) is 0 Å². The molecule has 0 bridgehead atoms. The molecule has 1 aliphatic rings. The maximum atomic E-state index is 10.9. The van der Waals surface area contributed by atoms with Gasteiger partial charge in [-0.05, 0) is 13.3 Å². The van der Waals surface area contributed by atoms with Crippen LogP contribution in [-0.4, -0.2) is 38.4 Å². The molecule has 0 saturated carbocycles. The minimum absolute atomic E-state index is 0.281. The Morgan fingerprint density at radius 1 is 1.71 bits per heavy atom. The number of carbonyl (C=O) groups excluding carboxylic acids is 1. The smallest absolute Gasteiger partial charge is 0.330 e. The van der Waals surface area contributed by atoms with Crippen LogP contribution >= 0.6 is 0 Å². The van der Waals surface area contributed by atoms with Gasteiger partial charge in [-0.3, -0.25) is 0 Å². The topological polar surface area (TPSA) is 47.6 Å². The van der Waals surface area contributed by atoms with Crippen LogP contribution in [-0.2, 0) is 14.3 Å². The summed E-state index contributed by atoms with van der Waals surface area (Å²) in [5, 5.41) is 3.26. The molecule has 80 valence electrons. The molecule has 4 nitrogen and oxygen atoms in total. The second kappa shape index (κ2) is 6.56. The van der Waals surface area contributed by atoms with E-state index < -0.39 is 0 Å². The van der Waals surface area contributed by atoms with Crippen LogP contribution in [0.4, 0.5) is 0 Å². The number of nitrogens with one attached hydrogen (secondary N) is 1. The molecule has 14 heavy (non-hydrogen) atoms. The molecule has 1 rings (SSSR count). The summed E-state index contributed by atoms with van der Waals surface area (Å²) in [6.07, 6.45) is 4.27. The summed E-state index contributed by atoms with van der Waals surface area (Å²) in [6.45, 7) is 4.51. The van der Waals surface area contributed by atoms with E-state index in [0.29, 0.717) is 19.2 Å². The van der Waals surface area contributed by atoms with E-state index in [1.54, 1.807) is 13.0 Å². The Bertz CT molecular complexity index is 198. The van der Waals surface area contributed by atoms with Gasteiger partial charge in [0.25, 0.3) is 0 Å². The zero-order chi connectivity index (χ0) is 10.2. The molecule has 1 N–H and O–H groups in total. The van der Waals surface area contributed by atoms with Gasteiger partial charge in [-0.15, -0.1) is 0 Å². The molecule has 0 aromatic rings. The third kappa shape index (κ3) is 4.39. The SMILES string of the molecule is CCOC(=O)/C=C/CNC1CCOC1. The Kier molecular flexibility index (Phi) is 5.25. The minimum Gasteiger partial charge on any atom is -0.463 e. The highest BCUT2D eigenvalue weighted by Gasteiger charge is 2.13. The molecule has 4 heteroatoms. The molecular formula is C10H17NO3. The van der Waals surface area contributed by atoms with Crippen LogP contribution in [0.3, 0.4) is 0 Å². The number of rotatable bonds is 5. The Balaban J connectivity index is 2.04. The summed E-state index contributed by atoms with van der Waals surface area (Å²) in [7, 11) is 0. The molecular weight excluding hydrogens is 182 g/mol. The van der Waals surface area contributed by atoms with Gasteiger partial charge >= 0.3 is 5.97 Å². The van der Waals surface area contributed by atoms with Gasteiger partial charge in [0, 0.05) is 25.3 Å². The van der Waals surface area contributed by atoms with Crippen molar-refractivity contribution in [3.63, 3.8) is 0 Å². The summed E-state index contributed by atoms with van der Waals surface area (Å²) in [5.41, 5.74) is 0. The fourth-order valence-corrected chi connectivity index (χ4v) is 1.28. The van der Waals surface area contributed by atoms with E-state index in [2.05, 4.69) is 5.32 Å². The summed E-state index contributed by atoms with van der Waals surface area (Å²) in [6, 6.07) is 0.432. The fourth-order valence-electron chi connectivity index (χ4n) is 1.28. The van der Waals surface area contributed by atoms with E-state index in [4.69, 9.17) is 9.47 Å². The number of hydrogen-bond acceptors (Lipinski definition) is 4. The third-order valence-electron chi connectivity index (χ3n) is 1.99. The lowest BCUT2D eigenvalue weighted by Crippen LogP contribution is -2.29. The van der Waals surface area contributed by atoms with Crippen molar-refractivity contribution in [2.75, 3.05) is 26.4 Å². The van der Waals surface area contributed by atoms with E-state index in [-0.39, 0.29) is 5.97 Å². The van der Waals surface area contributed by atoms with Crippen LogP contribution in [0.25, 0.3) is 0 Å². The van der Waals surface area contributed by atoms with Gasteiger partial charge in [0.05, 0.1) is 13.2 Å². The van der Waals surface area contributed by atoms with Gasteiger partial charge < -0.3 is 14.8 Å². The maximum absolute atomic E-state index is 10.9. The lowest BCUT2D eigenvalue weighted by molar-refractivity contribution is -0.137. The van der Waals surface area contributed by atoms with Gasteiger partial charge in [0.2, 0.25) is 0 Å². The number of hydrogen-bond donors (Lipinski definition) is 1. The van der Waals surface area contributed by atoms with E-state index in [1.807, 2.05) is 0 Å². The number of ether oxygens (including phenoxy) is 2. The lowest BCUT2D eigenvalue weighted by Gasteiger charge is -2.06. The Morgan fingerprint density at radius 3 is 3.21 bits per heavy atom. The standard InChI is InChI=1S/C10H17NO3/c1-2-14-10(12)4-3-6-11-9-5-7-13-8-9/h3-4,9,11H,2,5-8H2,1H3/b4-3+. The van der Waals surface area contributed by atoms with Crippen LogP contribution in [0.5, 0.6) is 0 Å². The van der Waals surface area contributed by atoms with Crippen molar-refractivity contribution in [2.45, 2.75) is 19.4 Å². The summed E-state index contributed by atoms with van der Waals surface area (Å²) >= 11 is 0. The van der Waals surface area contributed by atoms with Gasteiger partial charge in [-0.25, -0.2) is 4.79 Å². The maximum Gasteiger partial charge on any atom is 0.330 e. The van der Waals surface area contributed by atoms with Crippen LogP contribution in [0.15, 0.2) is 12.2 Å². The molecule has 1 fully saturated rings. The van der Waals surface area contributed by atoms with Crippen LogP contribution in [0, 0.1) is 0 Å².